The molecule has 8 fully saturated rings. The first kappa shape index (κ1) is 39.3. The molecule has 0 radical (unpaired) electrons. The molecule has 8 N–H and O–H groups in total. The third-order valence-corrected chi connectivity index (χ3v) is 16.2. The molecule has 1 spiro atoms. The lowest BCUT2D eigenvalue weighted by Gasteiger charge is -2.61. The molecule has 23 atom stereocenters. The van der Waals surface area contributed by atoms with Gasteiger partial charge >= 0.3 is 0 Å². The fourth-order valence-corrected chi connectivity index (χ4v) is 13.2. The topological polar surface area (TPSA) is 217 Å². The lowest BCUT2D eigenvalue weighted by Crippen LogP contribution is -2.65. The van der Waals surface area contributed by atoms with Crippen LogP contribution in [0.15, 0.2) is 0 Å². The molecule has 0 aromatic heterocycles. The minimum Gasteiger partial charge on any atom is -0.394 e. The van der Waals surface area contributed by atoms with Gasteiger partial charge in [0.15, 0.2) is 18.4 Å². The molecule has 8 aliphatic rings. The van der Waals surface area contributed by atoms with Crippen molar-refractivity contribution in [2.24, 2.45) is 52.3 Å². The normalized spacial score (nSPS) is 59.5. The van der Waals surface area contributed by atoms with Crippen LogP contribution in [0.1, 0.15) is 85.5 Å². The number of ether oxygens (including phenoxy) is 6. The van der Waals surface area contributed by atoms with Gasteiger partial charge in [-0.05, 0) is 91.8 Å². The van der Waals surface area contributed by atoms with Crippen molar-refractivity contribution in [1.82, 2.24) is 0 Å². The fraction of sp³-hybridized carbons (Fsp3) is 1.00. The highest BCUT2D eigenvalue weighted by molar-refractivity contribution is 5.18. The fourth-order valence-electron chi connectivity index (χ4n) is 13.2. The largest absolute Gasteiger partial charge is 0.394 e. The Morgan fingerprint density at radius 2 is 1.34 bits per heavy atom. The predicted molar refractivity (Wildman–Crippen MR) is 184 cm³/mol. The molecule has 0 aromatic rings. The monoisotopic (exact) mass is 756 g/mol. The van der Waals surface area contributed by atoms with Crippen LogP contribution >= 0.6 is 0 Å². The van der Waals surface area contributed by atoms with E-state index in [2.05, 4.69) is 27.7 Å². The summed E-state index contributed by atoms with van der Waals surface area (Å²) in [7, 11) is 0. The average Bonchev–Trinajstić information content (AvgIpc) is 3.55. The predicted octanol–water partition coefficient (Wildman–Crippen LogP) is 0.413. The lowest BCUT2D eigenvalue weighted by molar-refractivity contribution is -0.373. The van der Waals surface area contributed by atoms with Crippen molar-refractivity contribution >= 4 is 0 Å². The molecule has 53 heavy (non-hydrogen) atoms. The summed E-state index contributed by atoms with van der Waals surface area (Å²) < 4.78 is 37.3. The van der Waals surface area contributed by atoms with Gasteiger partial charge in [0.1, 0.15) is 48.8 Å². The number of aliphatic hydroxyl groups is 8. The second-order valence-corrected chi connectivity index (χ2v) is 18.8. The maximum absolute atomic E-state index is 12.1. The van der Waals surface area contributed by atoms with Crippen LogP contribution in [0.3, 0.4) is 0 Å². The first-order valence-electron chi connectivity index (χ1n) is 20.4. The van der Waals surface area contributed by atoms with E-state index in [1.165, 1.54) is 0 Å². The van der Waals surface area contributed by atoms with Gasteiger partial charge in [-0.3, -0.25) is 0 Å². The number of aliphatic hydroxyl groups excluding tert-OH is 8. The third-order valence-electron chi connectivity index (χ3n) is 16.2. The van der Waals surface area contributed by atoms with Crippen LogP contribution in [0.25, 0.3) is 0 Å². The van der Waals surface area contributed by atoms with Crippen molar-refractivity contribution in [2.75, 3.05) is 19.8 Å². The van der Waals surface area contributed by atoms with Gasteiger partial charge in [0.25, 0.3) is 0 Å². The molecule has 0 unspecified atom stereocenters. The summed E-state index contributed by atoms with van der Waals surface area (Å²) in [5.41, 5.74) is 0.0217. The van der Waals surface area contributed by atoms with E-state index in [4.69, 9.17) is 28.4 Å². The van der Waals surface area contributed by atoms with Crippen LogP contribution in [-0.2, 0) is 28.4 Å². The van der Waals surface area contributed by atoms with Crippen molar-refractivity contribution < 1.29 is 69.3 Å². The molecule has 14 nitrogen and oxygen atoms in total. The minimum atomic E-state index is -1.73. The van der Waals surface area contributed by atoms with E-state index in [-0.39, 0.29) is 40.8 Å². The van der Waals surface area contributed by atoms with E-state index in [1.54, 1.807) is 0 Å². The molecule has 4 heterocycles. The Bertz CT molecular complexity index is 1300. The summed E-state index contributed by atoms with van der Waals surface area (Å²) in [4.78, 5) is 0. The molecular formula is C39H64O14. The molecule has 4 aliphatic carbocycles. The third kappa shape index (κ3) is 6.11. The zero-order valence-corrected chi connectivity index (χ0v) is 31.6. The van der Waals surface area contributed by atoms with Gasteiger partial charge in [-0.15, -0.1) is 0 Å². The van der Waals surface area contributed by atoms with Crippen LogP contribution < -0.4 is 0 Å². The van der Waals surface area contributed by atoms with E-state index >= 15 is 0 Å². The summed E-state index contributed by atoms with van der Waals surface area (Å²) in [5.74, 6) is 1.79. The van der Waals surface area contributed by atoms with Crippen LogP contribution in [0.4, 0.5) is 0 Å². The maximum atomic E-state index is 12.1. The van der Waals surface area contributed by atoms with Gasteiger partial charge < -0.3 is 69.3 Å². The first-order valence-corrected chi connectivity index (χ1v) is 20.4. The van der Waals surface area contributed by atoms with Crippen molar-refractivity contribution in [1.29, 1.82) is 0 Å². The quantitative estimate of drug-likeness (QED) is 0.173. The highest BCUT2D eigenvalue weighted by Crippen LogP contribution is 2.71. The zero-order valence-electron chi connectivity index (χ0n) is 31.6. The molecule has 0 bridgehead atoms. The molecule has 0 aromatic carbocycles. The Morgan fingerprint density at radius 3 is 2.02 bits per heavy atom. The maximum Gasteiger partial charge on any atom is 0.187 e. The Balaban J connectivity index is 0.956. The van der Waals surface area contributed by atoms with Crippen LogP contribution in [0.2, 0.25) is 0 Å². The van der Waals surface area contributed by atoms with E-state index in [1.807, 2.05) is 0 Å². The molecule has 14 heteroatoms. The van der Waals surface area contributed by atoms with Gasteiger partial charge in [0, 0.05) is 18.3 Å². The zero-order chi connectivity index (χ0) is 37.8. The second-order valence-electron chi connectivity index (χ2n) is 18.8. The van der Waals surface area contributed by atoms with Gasteiger partial charge in [-0.1, -0.05) is 27.7 Å². The first-order chi connectivity index (χ1) is 25.2. The molecule has 4 saturated heterocycles. The SMILES string of the molecule is C[C@@H]1CC[C@]2(OC1)O[C@@H]1[C@@H](O)[C@@H]3[C@H]4CC[C@@H]5C[C@H](O[C@H]6O[C@@H](CO)[C@@H](O)[C@@H](O)[C@@H]6O[C@H]6O[C@@H](CO)[C@H](O)[C@@H](O)[C@@H]6O)CC[C@@]5(C)[C@@H]4CC[C@@]3(C)[C@@H]1[C@H]2C. The second kappa shape index (κ2) is 14.4. The van der Waals surface area contributed by atoms with Gasteiger partial charge in [-0.25, -0.2) is 0 Å². The average molecular weight is 757 g/mol. The van der Waals surface area contributed by atoms with Crippen LogP contribution in [-0.4, -0.2) is 146 Å². The Morgan fingerprint density at radius 1 is 0.660 bits per heavy atom. The molecule has 4 saturated carbocycles. The highest BCUT2D eigenvalue weighted by atomic mass is 16.8. The number of fused-ring (bicyclic) bond motifs is 7. The smallest absolute Gasteiger partial charge is 0.187 e. The number of hydrogen-bond donors (Lipinski definition) is 8. The Labute approximate surface area is 312 Å². The molecule has 304 valence electrons. The van der Waals surface area contributed by atoms with Crippen molar-refractivity contribution in [3.8, 4) is 0 Å². The Hall–Kier alpha value is -0.560. The summed E-state index contributed by atoms with van der Waals surface area (Å²) >= 11 is 0. The summed E-state index contributed by atoms with van der Waals surface area (Å²) in [6.07, 6.45) is -7.30. The molecule has 0 amide bonds. The van der Waals surface area contributed by atoms with E-state index in [9.17, 15) is 40.9 Å². The standard InChI is InChI=1S/C39H64O14/c1-17-7-12-39(48-16-17)18(2)25-33(53-39)29(44)26-21-6-5-19-13-20(8-10-37(19,3)22(21)9-11-38(25,26)4)49-36-34(31(46)28(43)24(15-41)51-36)52-35-32(47)30(45)27(42)23(14-40)50-35/h17-36,40-47H,5-16H2,1-4H3/t17-,18-,19-,20-,21+,22-,23+,24+,25-,26+,27+,28-,29+,30-,31-,32+,33+,34+,35-,36+,37-,38+,39+/m1/s1. The highest BCUT2D eigenvalue weighted by Gasteiger charge is 2.72. The minimum absolute atomic E-state index is 0.0208. The van der Waals surface area contributed by atoms with Crippen LogP contribution in [0, 0.1) is 52.3 Å². The number of rotatable bonds is 6. The Kier molecular flexibility index (Phi) is 10.6. The summed E-state index contributed by atoms with van der Waals surface area (Å²) in [6.45, 7) is 8.83. The van der Waals surface area contributed by atoms with E-state index < -0.39 is 86.5 Å². The van der Waals surface area contributed by atoms with Gasteiger partial charge in [0.2, 0.25) is 0 Å². The lowest BCUT2D eigenvalue weighted by atomic mass is 9.44. The summed E-state index contributed by atoms with van der Waals surface area (Å²) in [5, 5.41) is 84.8. The van der Waals surface area contributed by atoms with Gasteiger partial charge in [0.05, 0.1) is 38.1 Å². The number of hydrogen-bond acceptors (Lipinski definition) is 14. The van der Waals surface area contributed by atoms with E-state index in [0.717, 1.165) is 51.4 Å². The van der Waals surface area contributed by atoms with Gasteiger partial charge in [-0.2, -0.15) is 0 Å². The van der Waals surface area contributed by atoms with Crippen molar-refractivity contribution in [3.05, 3.63) is 0 Å². The van der Waals surface area contributed by atoms with E-state index in [0.29, 0.717) is 36.7 Å². The van der Waals surface area contributed by atoms with Crippen molar-refractivity contribution in [2.45, 2.75) is 171 Å². The van der Waals surface area contributed by atoms with Crippen LogP contribution in [0.5, 0.6) is 0 Å². The van der Waals surface area contributed by atoms with Crippen molar-refractivity contribution in [3.63, 3.8) is 0 Å². The molecule has 8 rings (SSSR count). The molecule has 4 aliphatic heterocycles. The molecular weight excluding hydrogens is 692 g/mol. The summed E-state index contributed by atoms with van der Waals surface area (Å²) in [6, 6.07) is 0.